The summed E-state index contributed by atoms with van der Waals surface area (Å²) in [5, 5.41) is 10.6. The van der Waals surface area contributed by atoms with Crippen LogP contribution in [0, 0.1) is 11.8 Å². The van der Waals surface area contributed by atoms with Crippen molar-refractivity contribution in [2.75, 3.05) is 39.6 Å². The molecule has 19 heteroatoms. The van der Waals surface area contributed by atoms with Crippen molar-refractivity contribution in [1.29, 1.82) is 0 Å². The third kappa shape index (κ3) is 70.9. The van der Waals surface area contributed by atoms with Crippen molar-refractivity contribution < 1.29 is 80.2 Å². The predicted molar refractivity (Wildman–Crippen MR) is 395 cm³/mol. The second-order valence-corrected chi connectivity index (χ2v) is 31.7. The van der Waals surface area contributed by atoms with Crippen LogP contribution in [-0.4, -0.2) is 96.7 Å². The number of ether oxygens (including phenoxy) is 4. The van der Waals surface area contributed by atoms with Crippen LogP contribution in [0.1, 0.15) is 408 Å². The molecular formula is C78H152O17P2. The van der Waals surface area contributed by atoms with Crippen molar-refractivity contribution in [2.45, 2.75) is 426 Å². The van der Waals surface area contributed by atoms with E-state index in [9.17, 15) is 43.2 Å². The first-order valence-corrected chi connectivity index (χ1v) is 43.5. The Morgan fingerprint density at radius 3 is 0.784 bits per heavy atom. The van der Waals surface area contributed by atoms with Gasteiger partial charge < -0.3 is 33.8 Å². The number of phosphoric ester groups is 2. The van der Waals surface area contributed by atoms with Crippen LogP contribution in [0.25, 0.3) is 0 Å². The minimum Gasteiger partial charge on any atom is -0.462 e. The van der Waals surface area contributed by atoms with Crippen molar-refractivity contribution >= 4 is 39.5 Å². The minimum absolute atomic E-state index is 0.106. The summed E-state index contributed by atoms with van der Waals surface area (Å²) in [6, 6.07) is 0. The fourth-order valence-electron chi connectivity index (χ4n) is 12.0. The molecule has 0 spiro atoms. The Hall–Kier alpha value is -1.94. The Bertz CT molecular complexity index is 1870. The average molecular weight is 1420 g/mol. The molecule has 6 atom stereocenters. The number of phosphoric acid groups is 2. The van der Waals surface area contributed by atoms with Crippen LogP contribution >= 0.6 is 15.6 Å². The summed E-state index contributed by atoms with van der Waals surface area (Å²) in [6.45, 7) is 9.66. The van der Waals surface area contributed by atoms with E-state index in [0.29, 0.717) is 25.7 Å². The Morgan fingerprint density at radius 2 is 0.526 bits per heavy atom. The van der Waals surface area contributed by atoms with Crippen LogP contribution in [0.5, 0.6) is 0 Å². The lowest BCUT2D eigenvalue weighted by atomic mass is 9.99. The number of aliphatic hydroxyl groups is 1. The van der Waals surface area contributed by atoms with Gasteiger partial charge in [0.15, 0.2) is 12.2 Å². The van der Waals surface area contributed by atoms with Gasteiger partial charge in [-0.2, -0.15) is 0 Å². The number of hydrogen-bond donors (Lipinski definition) is 3. The van der Waals surface area contributed by atoms with Gasteiger partial charge in [-0.25, -0.2) is 9.13 Å². The lowest BCUT2D eigenvalue weighted by molar-refractivity contribution is -0.161. The van der Waals surface area contributed by atoms with Crippen molar-refractivity contribution in [3.63, 3.8) is 0 Å². The van der Waals surface area contributed by atoms with E-state index in [2.05, 4.69) is 41.5 Å². The number of hydrogen-bond acceptors (Lipinski definition) is 15. The Morgan fingerprint density at radius 1 is 0.299 bits per heavy atom. The lowest BCUT2D eigenvalue weighted by Gasteiger charge is -2.21. The summed E-state index contributed by atoms with van der Waals surface area (Å²) in [5.74, 6) is -0.446. The molecule has 0 aromatic rings. The van der Waals surface area contributed by atoms with E-state index in [1.807, 2.05) is 0 Å². The Balaban J connectivity index is 5.17. The van der Waals surface area contributed by atoms with Crippen molar-refractivity contribution in [3.8, 4) is 0 Å². The quantitative estimate of drug-likeness (QED) is 0.0222. The number of esters is 4. The van der Waals surface area contributed by atoms with E-state index in [-0.39, 0.29) is 25.7 Å². The number of carbonyl (C=O) groups excluding carboxylic acids is 4. The third-order valence-corrected chi connectivity index (χ3v) is 20.5. The van der Waals surface area contributed by atoms with Crippen LogP contribution in [0.3, 0.4) is 0 Å². The van der Waals surface area contributed by atoms with Gasteiger partial charge in [-0.3, -0.25) is 37.3 Å². The summed E-state index contributed by atoms with van der Waals surface area (Å²) >= 11 is 0. The van der Waals surface area contributed by atoms with E-state index in [0.717, 1.165) is 108 Å². The molecule has 0 fully saturated rings. The third-order valence-electron chi connectivity index (χ3n) is 18.6. The Kier molecular flexibility index (Phi) is 68.4. The molecule has 3 unspecified atom stereocenters. The zero-order valence-corrected chi connectivity index (χ0v) is 65.2. The molecule has 0 saturated carbocycles. The fraction of sp³-hybridized carbons (Fsp3) is 0.949. The summed E-state index contributed by atoms with van der Waals surface area (Å²) in [6.07, 6.45) is 58.3. The molecule has 0 aromatic carbocycles. The highest BCUT2D eigenvalue weighted by molar-refractivity contribution is 7.47. The average Bonchev–Trinajstić information content (AvgIpc) is 1.25. The van der Waals surface area contributed by atoms with Gasteiger partial charge in [0, 0.05) is 25.7 Å². The van der Waals surface area contributed by atoms with E-state index < -0.39 is 97.5 Å². The minimum atomic E-state index is -4.96. The zero-order chi connectivity index (χ0) is 71.4. The summed E-state index contributed by atoms with van der Waals surface area (Å²) < 4.78 is 68.5. The van der Waals surface area contributed by atoms with Crippen LogP contribution in [0.2, 0.25) is 0 Å². The van der Waals surface area contributed by atoms with Gasteiger partial charge in [-0.1, -0.05) is 356 Å². The highest BCUT2D eigenvalue weighted by atomic mass is 31.2. The SMILES string of the molecule is CCCCCCCCCCCCC(=O)O[C@H](COC(=O)CCCCCCCCCC)COP(=O)(O)OC[C@H](O)COP(=O)(O)OC[C@@H](COC(=O)CCCCCCCCCCCCCCCCC(C)CC)OC(=O)CCCCCCCCCCCCCCCCCCCCC(C)C. The smallest absolute Gasteiger partial charge is 0.462 e. The van der Waals surface area contributed by atoms with Crippen LogP contribution in [-0.2, 0) is 65.4 Å². The molecule has 3 N–H and O–H groups in total. The van der Waals surface area contributed by atoms with Gasteiger partial charge in [0.2, 0.25) is 0 Å². The van der Waals surface area contributed by atoms with Crippen molar-refractivity contribution in [2.24, 2.45) is 11.8 Å². The topological polar surface area (TPSA) is 237 Å². The largest absolute Gasteiger partial charge is 0.472 e. The van der Waals surface area contributed by atoms with Crippen LogP contribution in [0.15, 0.2) is 0 Å². The molecule has 0 heterocycles. The predicted octanol–water partition coefficient (Wildman–Crippen LogP) is 23.1. The fourth-order valence-corrected chi connectivity index (χ4v) is 13.6. The molecule has 97 heavy (non-hydrogen) atoms. The molecule has 0 aliphatic heterocycles. The van der Waals surface area contributed by atoms with Gasteiger partial charge in [0.25, 0.3) is 0 Å². The highest BCUT2D eigenvalue weighted by Gasteiger charge is 2.30. The number of unbranched alkanes of at least 4 members (excludes halogenated alkanes) is 46. The first-order valence-electron chi connectivity index (χ1n) is 40.5. The van der Waals surface area contributed by atoms with Gasteiger partial charge in [-0.15, -0.1) is 0 Å². The normalized spacial score (nSPS) is 14.2. The van der Waals surface area contributed by atoms with E-state index >= 15 is 0 Å². The van der Waals surface area contributed by atoms with Gasteiger partial charge in [0.05, 0.1) is 26.4 Å². The summed E-state index contributed by atoms with van der Waals surface area (Å²) in [4.78, 5) is 72.7. The first-order chi connectivity index (χ1) is 46.9. The second kappa shape index (κ2) is 69.8. The van der Waals surface area contributed by atoms with Crippen LogP contribution < -0.4 is 0 Å². The van der Waals surface area contributed by atoms with Gasteiger partial charge in [-0.05, 0) is 37.5 Å². The zero-order valence-electron chi connectivity index (χ0n) is 63.4. The molecular weight excluding hydrogens is 1270 g/mol. The maximum atomic E-state index is 13.1. The van der Waals surface area contributed by atoms with E-state index in [1.54, 1.807) is 0 Å². The maximum Gasteiger partial charge on any atom is 0.472 e. The summed E-state index contributed by atoms with van der Waals surface area (Å²) in [5.41, 5.74) is 0. The number of aliphatic hydroxyl groups excluding tert-OH is 1. The maximum absolute atomic E-state index is 13.1. The van der Waals surface area contributed by atoms with Crippen molar-refractivity contribution in [3.05, 3.63) is 0 Å². The molecule has 576 valence electrons. The molecule has 17 nitrogen and oxygen atoms in total. The number of carbonyl (C=O) groups is 4. The lowest BCUT2D eigenvalue weighted by Crippen LogP contribution is -2.30. The molecule has 0 aliphatic carbocycles. The highest BCUT2D eigenvalue weighted by Crippen LogP contribution is 2.45. The molecule has 0 amide bonds. The van der Waals surface area contributed by atoms with E-state index in [1.165, 1.54) is 218 Å². The van der Waals surface area contributed by atoms with Crippen LogP contribution in [0.4, 0.5) is 0 Å². The van der Waals surface area contributed by atoms with Gasteiger partial charge in [0.1, 0.15) is 19.3 Å². The second-order valence-electron chi connectivity index (χ2n) is 28.8. The first kappa shape index (κ1) is 95.1. The molecule has 0 radical (unpaired) electrons. The monoisotopic (exact) mass is 1420 g/mol. The Labute approximate surface area is 594 Å². The standard InChI is InChI=1S/C78H152O17P2/c1-7-10-12-14-16-18-37-44-50-56-62-77(82)94-73(66-88-75(80)60-54-48-42-17-15-13-11-8-2)68-92-96(84,85)90-64-72(79)65-91-97(86,87)93-69-74(67-89-76(81)61-55-49-43-38-33-29-26-25-28-32-36-41-47-53-59-71(6)9-3)95-78(83)63-57-51-45-39-34-30-24-22-20-19-21-23-27-31-35-40-46-52-58-70(4)5/h70-74,79H,7-69H2,1-6H3,(H,84,85)(H,86,87)/t71?,72-,73+,74+/m0/s1. The molecule has 0 rings (SSSR count). The molecule has 0 bridgehead atoms. The van der Waals surface area contributed by atoms with E-state index in [4.69, 9.17) is 37.0 Å². The summed E-state index contributed by atoms with van der Waals surface area (Å²) in [7, 11) is -9.91. The molecule has 0 aliphatic rings. The number of rotatable bonds is 77. The van der Waals surface area contributed by atoms with Crippen molar-refractivity contribution in [1.82, 2.24) is 0 Å². The van der Waals surface area contributed by atoms with Gasteiger partial charge >= 0.3 is 39.5 Å². The molecule has 0 saturated heterocycles. The molecule has 0 aromatic heterocycles.